The van der Waals surface area contributed by atoms with Crippen molar-refractivity contribution < 1.29 is 19.1 Å². The third kappa shape index (κ3) is 6.43. The van der Waals surface area contributed by atoms with E-state index in [-0.39, 0.29) is 12.5 Å². The van der Waals surface area contributed by atoms with Gasteiger partial charge < -0.3 is 25.0 Å². The summed E-state index contributed by atoms with van der Waals surface area (Å²) in [6.07, 6.45) is 0.677. The van der Waals surface area contributed by atoms with Crippen LogP contribution in [0.1, 0.15) is 24.6 Å². The number of nitrogens with one attached hydrogen (secondary N) is 2. The molecule has 1 heterocycles. The van der Waals surface area contributed by atoms with Crippen molar-refractivity contribution in [2.45, 2.75) is 27.2 Å². The molecule has 0 atom stereocenters. The summed E-state index contributed by atoms with van der Waals surface area (Å²) in [5.41, 5.74) is 4.95. The Kier molecular flexibility index (Phi) is 9.06. The smallest absolute Gasteiger partial charge is 0.322 e. The number of carbonyl (C=O) groups is 2. The Balaban J connectivity index is 1.61. The molecular weight excluding hydrogens is 506 g/mol. The number of urea groups is 1. The predicted molar refractivity (Wildman–Crippen MR) is 158 cm³/mol. The molecule has 2 N–H and O–H groups in total. The molecule has 208 valence electrons. The third-order valence-corrected chi connectivity index (χ3v) is 6.42. The van der Waals surface area contributed by atoms with Gasteiger partial charge in [0.25, 0.3) is 0 Å². The highest BCUT2D eigenvalue weighted by Crippen LogP contribution is 2.33. The van der Waals surface area contributed by atoms with Crippen molar-refractivity contribution in [1.29, 1.82) is 0 Å². The fraction of sp³-hybridized carbons (Fsp3) is 0.258. The fourth-order valence-electron chi connectivity index (χ4n) is 4.43. The number of carbonyl (C=O) groups excluding carboxylic acids is 2. The van der Waals surface area contributed by atoms with Crippen molar-refractivity contribution >= 4 is 23.4 Å². The van der Waals surface area contributed by atoms with Gasteiger partial charge in [-0.2, -0.15) is 5.10 Å². The normalized spacial score (nSPS) is 10.6. The minimum absolute atomic E-state index is 0.148. The molecule has 0 fully saturated rings. The van der Waals surface area contributed by atoms with Crippen molar-refractivity contribution in [3.8, 4) is 28.3 Å². The van der Waals surface area contributed by atoms with Gasteiger partial charge in [-0.05, 0) is 50.1 Å². The Labute approximate surface area is 234 Å². The van der Waals surface area contributed by atoms with E-state index in [9.17, 15) is 9.59 Å². The van der Waals surface area contributed by atoms with Crippen LogP contribution in [0.25, 0.3) is 16.8 Å². The fourth-order valence-corrected chi connectivity index (χ4v) is 4.43. The van der Waals surface area contributed by atoms with Gasteiger partial charge in [0, 0.05) is 18.2 Å². The number of methoxy groups -OCH3 is 2. The first-order valence-electron chi connectivity index (χ1n) is 13.1. The van der Waals surface area contributed by atoms with Crippen LogP contribution in [-0.2, 0) is 4.79 Å². The molecule has 0 unspecified atom stereocenters. The second-order valence-corrected chi connectivity index (χ2v) is 9.39. The van der Waals surface area contributed by atoms with Crippen molar-refractivity contribution in [3.63, 3.8) is 0 Å². The van der Waals surface area contributed by atoms with E-state index < -0.39 is 6.03 Å². The number of benzene rings is 3. The second-order valence-electron chi connectivity index (χ2n) is 9.39. The molecule has 3 amide bonds. The first-order valence-corrected chi connectivity index (χ1v) is 13.1. The monoisotopic (exact) mass is 541 g/mol. The van der Waals surface area contributed by atoms with Gasteiger partial charge in [0.1, 0.15) is 23.9 Å². The topological polar surface area (TPSA) is 97.7 Å². The lowest BCUT2D eigenvalue weighted by Crippen LogP contribution is -2.41. The lowest BCUT2D eigenvalue weighted by molar-refractivity contribution is -0.116. The van der Waals surface area contributed by atoms with E-state index in [2.05, 4.69) is 10.6 Å². The van der Waals surface area contributed by atoms with Crippen molar-refractivity contribution in [2.24, 2.45) is 0 Å². The molecule has 0 aliphatic carbocycles. The second kappa shape index (κ2) is 12.8. The van der Waals surface area contributed by atoms with Crippen LogP contribution in [0, 0.1) is 13.8 Å². The maximum Gasteiger partial charge on any atom is 0.322 e. The van der Waals surface area contributed by atoms with Crippen LogP contribution >= 0.6 is 0 Å². The van der Waals surface area contributed by atoms with E-state index in [1.807, 2.05) is 75.4 Å². The molecule has 0 saturated heterocycles. The number of rotatable bonds is 10. The van der Waals surface area contributed by atoms with E-state index in [4.69, 9.17) is 14.6 Å². The number of aryl methyl sites for hydroxylation is 2. The molecule has 0 bridgehead atoms. The van der Waals surface area contributed by atoms with Gasteiger partial charge in [-0.25, -0.2) is 9.48 Å². The summed E-state index contributed by atoms with van der Waals surface area (Å²) in [6, 6.07) is 22.5. The zero-order valence-corrected chi connectivity index (χ0v) is 23.5. The van der Waals surface area contributed by atoms with Crippen LogP contribution in [-0.4, -0.2) is 53.9 Å². The molecule has 0 aliphatic heterocycles. The molecular formula is C31H35N5O4. The maximum absolute atomic E-state index is 13.5. The van der Waals surface area contributed by atoms with Gasteiger partial charge in [-0.1, -0.05) is 55.0 Å². The molecule has 3 aromatic carbocycles. The summed E-state index contributed by atoms with van der Waals surface area (Å²) < 4.78 is 12.4. The van der Waals surface area contributed by atoms with Crippen LogP contribution in [0.15, 0.2) is 72.8 Å². The summed E-state index contributed by atoms with van der Waals surface area (Å²) >= 11 is 0. The number of amides is 3. The summed E-state index contributed by atoms with van der Waals surface area (Å²) in [4.78, 5) is 28.2. The minimum atomic E-state index is -0.410. The Hall–Kier alpha value is -4.79. The van der Waals surface area contributed by atoms with Gasteiger partial charge >= 0.3 is 6.03 Å². The third-order valence-electron chi connectivity index (χ3n) is 6.42. The summed E-state index contributed by atoms with van der Waals surface area (Å²) in [7, 11) is 3.08. The van der Waals surface area contributed by atoms with Crippen molar-refractivity contribution in [3.05, 3.63) is 84.1 Å². The predicted octanol–water partition coefficient (Wildman–Crippen LogP) is 6.06. The molecule has 40 heavy (non-hydrogen) atoms. The Morgan fingerprint density at radius 2 is 1.65 bits per heavy atom. The maximum atomic E-state index is 13.5. The number of nitrogens with zero attached hydrogens (tertiary/aromatic N) is 3. The highest BCUT2D eigenvalue weighted by molar-refractivity contribution is 5.99. The van der Waals surface area contributed by atoms with Crippen LogP contribution in [0.4, 0.5) is 16.3 Å². The van der Waals surface area contributed by atoms with Crippen LogP contribution < -0.4 is 20.1 Å². The molecule has 0 spiro atoms. The highest BCUT2D eigenvalue weighted by Gasteiger charge is 2.23. The molecule has 0 aliphatic rings. The van der Waals surface area contributed by atoms with Crippen molar-refractivity contribution in [1.82, 2.24) is 14.7 Å². The largest absolute Gasteiger partial charge is 0.497 e. The van der Waals surface area contributed by atoms with Crippen LogP contribution in [0.2, 0.25) is 0 Å². The first kappa shape index (κ1) is 28.2. The number of hydrogen-bond acceptors (Lipinski definition) is 5. The zero-order chi connectivity index (χ0) is 28.6. The van der Waals surface area contributed by atoms with Gasteiger partial charge in [0.2, 0.25) is 5.91 Å². The Morgan fingerprint density at radius 3 is 2.30 bits per heavy atom. The van der Waals surface area contributed by atoms with E-state index >= 15 is 0 Å². The molecule has 4 rings (SSSR count). The molecule has 4 aromatic rings. The highest BCUT2D eigenvalue weighted by atomic mass is 16.5. The molecule has 0 saturated carbocycles. The minimum Gasteiger partial charge on any atom is -0.497 e. The summed E-state index contributed by atoms with van der Waals surface area (Å²) in [5.74, 6) is 1.27. The van der Waals surface area contributed by atoms with E-state index in [1.165, 1.54) is 12.0 Å². The summed E-state index contributed by atoms with van der Waals surface area (Å²) in [5, 5.41) is 10.7. The van der Waals surface area contributed by atoms with Crippen molar-refractivity contribution in [2.75, 3.05) is 37.9 Å². The quantitative estimate of drug-likeness (QED) is 0.255. The number of anilines is 2. The SMILES string of the molecule is CCCN(CC(=O)Nc1c(-c2ccccc2)c(C)nn1-c1ccc(C)cc1)C(=O)Nc1ccc(OC)cc1OC. The van der Waals surface area contributed by atoms with Gasteiger partial charge in [0.15, 0.2) is 0 Å². The molecule has 0 radical (unpaired) electrons. The zero-order valence-electron chi connectivity index (χ0n) is 23.5. The first-order chi connectivity index (χ1) is 19.3. The van der Waals surface area contributed by atoms with Crippen LogP contribution in [0.5, 0.6) is 11.5 Å². The van der Waals surface area contributed by atoms with Gasteiger partial charge in [-0.15, -0.1) is 0 Å². The number of aromatic nitrogens is 2. The lowest BCUT2D eigenvalue weighted by atomic mass is 10.1. The van der Waals surface area contributed by atoms with E-state index in [0.29, 0.717) is 36.0 Å². The summed E-state index contributed by atoms with van der Waals surface area (Å²) in [6.45, 7) is 6.13. The standard InChI is InChI=1S/C31H35N5O4/c1-6-18-35(31(38)32-26-17-16-25(39-4)19-27(26)40-5)20-28(37)33-30-29(23-10-8-7-9-11-23)22(3)34-36(30)24-14-12-21(2)13-15-24/h7-17,19H,6,18,20H2,1-5H3,(H,32,38)(H,33,37). The molecule has 9 nitrogen and oxygen atoms in total. The lowest BCUT2D eigenvalue weighted by Gasteiger charge is -2.23. The van der Waals surface area contributed by atoms with Crippen LogP contribution in [0.3, 0.4) is 0 Å². The average molecular weight is 542 g/mol. The van der Waals surface area contributed by atoms with Gasteiger partial charge in [0.05, 0.1) is 31.3 Å². The Bertz CT molecular complexity index is 1470. The Morgan fingerprint density at radius 1 is 0.925 bits per heavy atom. The molecule has 1 aromatic heterocycles. The average Bonchev–Trinajstić information content (AvgIpc) is 3.28. The number of ether oxygens (including phenoxy) is 2. The van der Waals surface area contributed by atoms with Gasteiger partial charge in [-0.3, -0.25) is 4.79 Å². The molecule has 9 heteroatoms. The van der Waals surface area contributed by atoms with E-state index in [0.717, 1.165) is 28.1 Å². The van der Waals surface area contributed by atoms with E-state index in [1.54, 1.807) is 30.0 Å². The number of hydrogen-bond donors (Lipinski definition) is 2.